The van der Waals surface area contributed by atoms with E-state index in [4.69, 9.17) is 0 Å². The van der Waals surface area contributed by atoms with E-state index in [0.29, 0.717) is 5.56 Å². The van der Waals surface area contributed by atoms with Gasteiger partial charge in [0.25, 0.3) is 5.91 Å². The quantitative estimate of drug-likeness (QED) is 0.757. The van der Waals surface area contributed by atoms with Crippen molar-refractivity contribution in [3.8, 4) is 0 Å². The first-order chi connectivity index (χ1) is 11.6. The monoisotopic (exact) mass is 320 g/mol. The Bertz CT molecular complexity index is 878. The van der Waals surface area contributed by atoms with Crippen LogP contribution in [0.5, 0.6) is 0 Å². The van der Waals surface area contributed by atoms with E-state index >= 15 is 0 Å². The van der Waals surface area contributed by atoms with E-state index in [1.807, 2.05) is 42.5 Å². The van der Waals surface area contributed by atoms with Crippen LogP contribution in [-0.2, 0) is 11.2 Å². The molecule has 0 unspecified atom stereocenters. The molecule has 0 aliphatic rings. The maximum atomic E-state index is 12.1. The number of hydrogen-bond donors (Lipinski definition) is 2. The molecule has 5 nitrogen and oxygen atoms in total. The lowest BCUT2D eigenvalue weighted by molar-refractivity contribution is -0.139. The molecule has 120 valence electrons. The lowest BCUT2D eigenvalue weighted by atomic mass is 10.0. The molecule has 5 heteroatoms. The van der Waals surface area contributed by atoms with Crippen LogP contribution in [0, 0.1) is 0 Å². The normalized spacial score (nSPS) is 11.8. The van der Waals surface area contributed by atoms with E-state index in [1.54, 1.807) is 18.3 Å². The summed E-state index contributed by atoms with van der Waals surface area (Å²) in [6, 6.07) is 15.9. The largest absolute Gasteiger partial charge is 0.480 e. The van der Waals surface area contributed by atoms with Crippen molar-refractivity contribution in [3.05, 3.63) is 78.1 Å². The number of amides is 1. The van der Waals surface area contributed by atoms with Crippen LogP contribution >= 0.6 is 0 Å². The Morgan fingerprint density at radius 3 is 2.54 bits per heavy atom. The topological polar surface area (TPSA) is 79.3 Å². The molecule has 0 aliphatic heterocycles. The van der Waals surface area contributed by atoms with Crippen molar-refractivity contribution in [1.29, 1.82) is 0 Å². The van der Waals surface area contributed by atoms with Crippen LogP contribution in [0.4, 0.5) is 0 Å². The van der Waals surface area contributed by atoms with Crippen molar-refractivity contribution >= 4 is 22.6 Å². The molecular weight excluding hydrogens is 304 g/mol. The van der Waals surface area contributed by atoms with Crippen molar-refractivity contribution in [2.75, 3.05) is 0 Å². The third-order valence-corrected chi connectivity index (χ3v) is 3.78. The van der Waals surface area contributed by atoms with Crippen molar-refractivity contribution in [1.82, 2.24) is 10.3 Å². The van der Waals surface area contributed by atoms with Gasteiger partial charge in [0.15, 0.2) is 0 Å². The summed E-state index contributed by atoms with van der Waals surface area (Å²) in [6.45, 7) is 0. The van der Waals surface area contributed by atoms with Crippen molar-refractivity contribution in [2.24, 2.45) is 0 Å². The highest BCUT2D eigenvalue weighted by molar-refractivity contribution is 5.96. The SMILES string of the molecule is O=C(N[C@@H](Cc1ccc2ccccc2c1)C(=O)O)c1cccnc1. The van der Waals surface area contributed by atoms with Gasteiger partial charge in [0.2, 0.25) is 0 Å². The first kappa shape index (κ1) is 15.7. The highest BCUT2D eigenvalue weighted by Gasteiger charge is 2.21. The van der Waals surface area contributed by atoms with Crippen LogP contribution in [0.3, 0.4) is 0 Å². The first-order valence-corrected chi connectivity index (χ1v) is 7.55. The fourth-order valence-electron chi connectivity index (χ4n) is 2.54. The zero-order valence-electron chi connectivity index (χ0n) is 12.8. The minimum absolute atomic E-state index is 0.214. The van der Waals surface area contributed by atoms with E-state index in [0.717, 1.165) is 16.3 Å². The minimum atomic E-state index is -1.07. The van der Waals surface area contributed by atoms with E-state index in [-0.39, 0.29) is 6.42 Å². The van der Waals surface area contributed by atoms with Gasteiger partial charge in [0.05, 0.1) is 5.56 Å². The molecule has 0 radical (unpaired) electrons. The average Bonchev–Trinajstić information content (AvgIpc) is 2.61. The molecule has 0 aliphatic carbocycles. The first-order valence-electron chi connectivity index (χ1n) is 7.55. The third-order valence-electron chi connectivity index (χ3n) is 3.78. The fraction of sp³-hybridized carbons (Fsp3) is 0.105. The van der Waals surface area contributed by atoms with E-state index in [9.17, 15) is 14.7 Å². The lowest BCUT2D eigenvalue weighted by Crippen LogP contribution is -2.42. The molecule has 3 aromatic rings. The summed E-state index contributed by atoms with van der Waals surface area (Å²) in [5, 5.41) is 14.1. The number of carbonyl (C=O) groups excluding carboxylic acids is 1. The van der Waals surface area contributed by atoms with Crippen molar-refractivity contribution in [2.45, 2.75) is 12.5 Å². The highest BCUT2D eigenvalue weighted by Crippen LogP contribution is 2.17. The van der Waals surface area contributed by atoms with Crippen LogP contribution in [0.2, 0.25) is 0 Å². The Morgan fingerprint density at radius 1 is 1.04 bits per heavy atom. The summed E-state index contributed by atoms with van der Waals surface area (Å²) < 4.78 is 0. The summed E-state index contributed by atoms with van der Waals surface area (Å²) >= 11 is 0. The highest BCUT2D eigenvalue weighted by atomic mass is 16.4. The van der Waals surface area contributed by atoms with E-state index < -0.39 is 17.9 Å². The zero-order valence-corrected chi connectivity index (χ0v) is 12.8. The van der Waals surface area contributed by atoms with Crippen molar-refractivity contribution < 1.29 is 14.7 Å². The third kappa shape index (κ3) is 3.57. The van der Waals surface area contributed by atoms with Crippen LogP contribution < -0.4 is 5.32 Å². The molecular formula is C19H16N2O3. The van der Waals surface area contributed by atoms with Crippen LogP contribution in [0.25, 0.3) is 10.8 Å². The second-order valence-corrected chi connectivity index (χ2v) is 5.49. The van der Waals surface area contributed by atoms with Crippen LogP contribution in [0.15, 0.2) is 67.0 Å². The Hall–Kier alpha value is -3.21. The Kier molecular flexibility index (Phi) is 4.52. The van der Waals surface area contributed by atoms with E-state index in [2.05, 4.69) is 10.3 Å². The molecule has 2 N–H and O–H groups in total. The summed E-state index contributed by atoms with van der Waals surface area (Å²) in [5.41, 5.74) is 1.19. The molecule has 3 rings (SSSR count). The maximum absolute atomic E-state index is 12.1. The van der Waals surface area contributed by atoms with Crippen LogP contribution in [-0.4, -0.2) is 28.0 Å². The maximum Gasteiger partial charge on any atom is 0.326 e. The van der Waals surface area contributed by atoms with Gasteiger partial charge in [-0.2, -0.15) is 0 Å². The molecule has 2 aromatic carbocycles. The number of nitrogens with one attached hydrogen (secondary N) is 1. The number of aliphatic carboxylic acids is 1. The van der Waals surface area contributed by atoms with Crippen molar-refractivity contribution in [3.63, 3.8) is 0 Å². The predicted octanol–water partition coefficient (Wildman–Crippen LogP) is 2.66. The number of pyridine rings is 1. The van der Waals surface area contributed by atoms with Gasteiger partial charge >= 0.3 is 5.97 Å². The molecule has 0 spiro atoms. The molecule has 0 saturated carbocycles. The van der Waals surface area contributed by atoms with Gasteiger partial charge in [-0.05, 0) is 28.5 Å². The Balaban J connectivity index is 1.78. The summed E-state index contributed by atoms with van der Waals surface area (Å²) in [6.07, 6.45) is 3.18. The predicted molar refractivity (Wildman–Crippen MR) is 90.8 cm³/mol. The number of hydrogen-bond acceptors (Lipinski definition) is 3. The molecule has 0 bridgehead atoms. The fourth-order valence-corrected chi connectivity index (χ4v) is 2.54. The molecule has 1 amide bonds. The van der Waals surface area contributed by atoms with Gasteiger partial charge in [-0.3, -0.25) is 9.78 Å². The number of carboxylic acids is 1. The molecule has 0 saturated heterocycles. The number of fused-ring (bicyclic) bond motifs is 1. The molecule has 1 aromatic heterocycles. The summed E-state index contributed by atoms with van der Waals surface area (Å²) in [4.78, 5) is 27.5. The summed E-state index contributed by atoms with van der Waals surface area (Å²) in [7, 11) is 0. The van der Waals surface area contributed by atoms with E-state index in [1.165, 1.54) is 6.20 Å². The second kappa shape index (κ2) is 6.91. The number of benzene rings is 2. The number of nitrogens with zero attached hydrogens (tertiary/aromatic N) is 1. The Morgan fingerprint density at radius 2 is 1.83 bits per heavy atom. The van der Waals surface area contributed by atoms with Crippen LogP contribution in [0.1, 0.15) is 15.9 Å². The van der Waals surface area contributed by atoms with Gasteiger partial charge in [0.1, 0.15) is 6.04 Å². The smallest absolute Gasteiger partial charge is 0.326 e. The number of carbonyl (C=O) groups is 2. The molecule has 0 fully saturated rings. The van der Waals surface area contributed by atoms with Gasteiger partial charge < -0.3 is 10.4 Å². The second-order valence-electron chi connectivity index (χ2n) is 5.49. The molecule has 1 atom stereocenters. The van der Waals surface area contributed by atoms with Gasteiger partial charge in [-0.25, -0.2) is 4.79 Å². The standard InChI is InChI=1S/C19H16N2O3/c22-18(16-6-3-9-20-12-16)21-17(19(23)24)11-13-7-8-14-4-1-2-5-15(14)10-13/h1-10,12,17H,11H2,(H,21,22)(H,23,24)/t17-/m0/s1. The minimum Gasteiger partial charge on any atom is -0.480 e. The lowest BCUT2D eigenvalue weighted by Gasteiger charge is -2.15. The number of carboxylic acid groups (broad SMARTS) is 1. The Labute approximate surface area is 139 Å². The molecule has 24 heavy (non-hydrogen) atoms. The van der Waals surface area contributed by atoms with Gasteiger partial charge in [-0.15, -0.1) is 0 Å². The summed E-state index contributed by atoms with van der Waals surface area (Å²) in [5.74, 6) is -1.52. The zero-order chi connectivity index (χ0) is 16.9. The number of aromatic nitrogens is 1. The average molecular weight is 320 g/mol. The van der Waals surface area contributed by atoms with Gasteiger partial charge in [0, 0.05) is 18.8 Å². The van der Waals surface area contributed by atoms with Gasteiger partial charge in [-0.1, -0.05) is 42.5 Å². The molecule has 1 heterocycles. The number of rotatable bonds is 5.